The van der Waals surface area contributed by atoms with Crippen molar-refractivity contribution in [2.24, 2.45) is 0 Å². The zero-order valence-electron chi connectivity index (χ0n) is 9.82. The second kappa shape index (κ2) is 4.59. The average Bonchev–Trinajstić information content (AvgIpc) is 2.94. The van der Waals surface area contributed by atoms with Crippen LogP contribution in [0.3, 0.4) is 0 Å². The number of aromatic nitrogens is 1. The van der Waals surface area contributed by atoms with Crippen molar-refractivity contribution in [1.82, 2.24) is 19.9 Å². The van der Waals surface area contributed by atoms with E-state index in [0.29, 0.717) is 5.15 Å². The number of hydrogen-bond acceptors (Lipinski definition) is 6. The molecule has 0 aliphatic carbocycles. The van der Waals surface area contributed by atoms with Crippen LogP contribution in [0.4, 0.5) is 0 Å². The van der Waals surface area contributed by atoms with Gasteiger partial charge in [-0.3, -0.25) is 4.90 Å². The maximum atomic E-state index is 8.98. The van der Waals surface area contributed by atoms with Crippen LogP contribution in [-0.4, -0.2) is 44.4 Å². The molecule has 2 bridgehead atoms. The van der Waals surface area contributed by atoms with Crippen LogP contribution in [0.1, 0.15) is 5.56 Å². The molecule has 3 fully saturated rings. The van der Waals surface area contributed by atoms with E-state index in [-0.39, 0.29) is 11.7 Å². The summed E-state index contributed by atoms with van der Waals surface area (Å²) in [5.74, 6) is 0.988. The van der Waals surface area contributed by atoms with Gasteiger partial charge in [-0.05, 0) is 11.6 Å². The highest BCUT2D eigenvalue weighted by Crippen LogP contribution is 2.44. The minimum Gasteiger partial charge on any atom is -0.265 e. The molecule has 0 aromatic carbocycles. The van der Waals surface area contributed by atoms with Crippen LogP contribution in [0.2, 0.25) is 5.15 Å². The van der Waals surface area contributed by atoms with E-state index < -0.39 is 0 Å². The maximum absolute atomic E-state index is 8.98. The van der Waals surface area contributed by atoms with Crippen LogP contribution < -0.4 is 0 Å². The molecule has 2 unspecified atom stereocenters. The third-order valence-corrected chi connectivity index (χ3v) is 4.65. The van der Waals surface area contributed by atoms with E-state index in [1.54, 1.807) is 24.0 Å². The van der Waals surface area contributed by atoms with E-state index >= 15 is 0 Å². The molecule has 0 spiro atoms. The van der Waals surface area contributed by atoms with Crippen LogP contribution >= 0.6 is 23.4 Å². The lowest BCUT2D eigenvalue weighted by Gasteiger charge is -2.50. The number of halogens is 1. The molecule has 0 radical (unpaired) electrons. The van der Waals surface area contributed by atoms with Gasteiger partial charge >= 0.3 is 0 Å². The SMILES string of the molecule is CN(Cc1ccc(Cl)nc1)N1C2CSC1N2C#N. The summed E-state index contributed by atoms with van der Waals surface area (Å²) in [5, 5.41) is 13.9. The number of nitrogens with zero attached hydrogens (tertiary/aromatic N) is 5. The van der Waals surface area contributed by atoms with Crippen LogP contribution in [0, 0.1) is 11.5 Å². The van der Waals surface area contributed by atoms with Crippen LogP contribution in [0.15, 0.2) is 18.3 Å². The minimum atomic E-state index is 0.172. The van der Waals surface area contributed by atoms with Crippen LogP contribution in [-0.2, 0) is 6.54 Å². The highest BCUT2D eigenvalue weighted by atomic mass is 35.5. The lowest BCUT2D eigenvalue weighted by atomic mass is 10.3. The number of rotatable bonds is 3. The molecule has 0 amide bonds. The molecule has 3 aliphatic rings. The number of fused-ring (bicyclic) bond motifs is 1. The molecular formula is C11H12ClN5S. The smallest absolute Gasteiger partial charge is 0.183 e. The summed E-state index contributed by atoms with van der Waals surface area (Å²) in [5.41, 5.74) is 1.28. The molecule has 18 heavy (non-hydrogen) atoms. The Morgan fingerprint density at radius 3 is 3.06 bits per heavy atom. The summed E-state index contributed by atoms with van der Waals surface area (Å²) in [4.78, 5) is 5.91. The Morgan fingerprint density at radius 1 is 1.67 bits per heavy atom. The van der Waals surface area contributed by atoms with Gasteiger partial charge in [-0.1, -0.05) is 17.7 Å². The zero-order valence-corrected chi connectivity index (χ0v) is 11.4. The Kier molecular flexibility index (Phi) is 3.08. The van der Waals surface area contributed by atoms with Gasteiger partial charge in [0.2, 0.25) is 0 Å². The quantitative estimate of drug-likeness (QED) is 0.619. The van der Waals surface area contributed by atoms with Gasteiger partial charge in [0.05, 0.1) is 0 Å². The predicted molar refractivity (Wildman–Crippen MR) is 70.0 cm³/mol. The van der Waals surface area contributed by atoms with E-state index in [0.717, 1.165) is 17.9 Å². The van der Waals surface area contributed by atoms with Crippen molar-refractivity contribution >= 4 is 23.4 Å². The molecule has 3 saturated heterocycles. The number of hydrogen-bond donors (Lipinski definition) is 0. The van der Waals surface area contributed by atoms with Crippen molar-refractivity contribution in [1.29, 1.82) is 5.26 Å². The van der Waals surface area contributed by atoms with Crippen molar-refractivity contribution in [3.05, 3.63) is 29.0 Å². The second-order valence-electron chi connectivity index (χ2n) is 4.33. The molecule has 2 atom stereocenters. The highest BCUT2D eigenvalue weighted by Gasteiger charge is 2.54. The van der Waals surface area contributed by atoms with E-state index in [4.69, 9.17) is 16.9 Å². The van der Waals surface area contributed by atoms with E-state index in [1.165, 1.54) is 0 Å². The lowest BCUT2D eigenvalue weighted by Crippen LogP contribution is -2.67. The molecule has 3 aliphatic heterocycles. The molecule has 4 heterocycles. The van der Waals surface area contributed by atoms with Crippen LogP contribution in [0.25, 0.3) is 0 Å². The Balaban J connectivity index is 1.65. The minimum absolute atomic E-state index is 0.172. The summed E-state index contributed by atoms with van der Waals surface area (Å²) in [6.45, 7) is 0.775. The van der Waals surface area contributed by atoms with E-state index in [9.17, 15) is 0 Å². The second-order valence-corrected chi connectivity index (χ2v) is 5.81. The Bertz CT molecular complexity index is 475. The molecule has 4 rings (SSSR count). The van der Waals surface area contributed by atoms with Gasteiger partial charge in [-0.15, -0.1) is 11.8 Å². The Hall–Kier alpha value is -1.00. The molecule has 5 nitrogen and oxygen atoms in total. The van der Waals surface area contributed by atoms with Crippen molar-refractivity contribution in [3.63, 3.8) is 0 Å². The van der Waals surface area contributed by atoms with Crippen molar-refractivity contribution in [2.75, 3.05) is 12.8 Å². The van der Waals surface area contributed by atoms with Crippen molar-refractivity contribution < 1.29 is 0 Å². The van der Waals surface area contributed by atoms with Crippen LogP contribution in [0.5, 0.6) is 0 Å². The van der Waals surface area contributed by atoms with Gasteiger partial charge in [0.25, 0.3) is 0 Å². The van der Waals surface area contributed by atoms with E-state index in [2.05, 4.69) is 21.2 Å². The third-order valence-electron chi connectivity index (χ3n) is 3.19. The maximum Gasteiger partial charge on any atom is 0.183 e. The summed E-state index contributed by atoms with van der Waals surface area (Å²) in [6, 6.07) is 3.77. The Labute approximate surface area is 115 Å². The topological polar surface area (TPSA) is 46.4 Å². The molecular weight excluding hydrogens is 270 g/mol. The monoisotopic (exact) mass is 281 g/mol. The predicted octanol–water partition coefficient (Wildman–Crippen LogP) is 1.54. The zero-order chi connectivity index (χ0) is 12.7. The van der Waals surface area contributed by atoms with Crippen molar-refractivity contribution in [2.45, 2.75) is 18.2 Å². The van der Waals surface area contributed by atoms with Gasteiger partial charge in [-0.2, -0.15) is 10.3 Å². The number of nitriles is 1. The first-order chi connectivity index (χ1) is 8.70. The summed E-state index contributed by atoms with van der Waals surface area (Å²) >= 11 is 7.57. The summed E-state index contributed by atoms with van der Waals surface area (Å²) in [6.07, 6.45) is 4.24. The van der Waals surface area contributed by atoms with Gasteiger partial charge in [0, 0.05) is 25.5 Å². The highest BCUT2D eigenvalue weighted by molar-refractivity contribution is 8.00. The summed E-state index contributed by atoms with van der Waals surface area (Å²) < 4.78 is 0. The first kappa shape index (κ1) is 12.1. The normalized spacial score (nSPS) is 26.2. The molecule has 1 aromatic rings. The number of thioether (sulfide) groups is 1. The fourth-order valence-corrected chi connectivity index (χ4v) is 3.89. The first-order valence-electron chi connectivity index (χ1n) is 5.60. The first-order valence-corrected chi connectivity index (χ1v) is 7.03. The molecule has 0 saturated carbocycles. The van der Waals surface area contributed by atoms with Gasteiger partial charge in [0.1, 0.15) is 11.3 Å². The molecule has 7 heteroatoms. The number of hydrazine groups is 1. The van der Waals surface area contributed by atoms with E-state index in [1.807, 2.05) is 18.0 Å². The molecule has 0 N–H and O–H groups in total. The summed E-state index contributed by atoms with van der Waals surface area (Å²) in [7, 11) is 2.04. The largest absolute Gasteiger partial charge is 0.265 e. The van der Waals surface area contributed by atoms with Gasteiger partial charge < -0.3 is 0 Å². The third kappa shape index (κ3) is 1.84. The fraction of sp³-hybridized carbons (Fsp3) is 0.455. The molecule has 1 aromatic heterocycles. The molecule has 94 valence electrons. The number of pyridine rings is 1. The van der Waals surface area contributed by atoms with Gasteiger partial charge in [-0.25, -0.2) is 9.99 Å². The van der Waals surface area contributed by atoms with Crippen molar-refractivity contribution in [3.8, 4) is 6.19 Å². The fourth-order valence-electron chi connectivity index (χ4n) is 2.32. The standard InChI is InChI=1S/C11H12ClN5S/c1-15(5-8-2-3-9(12)14-4-8)17-10-6-18-11(17)16(10)7-13/h2-4,10-11H,5-6H2,1H3. The average molecular weight is 282 g/mol. The Morgan fingerprint density at radius 2 is 2.50 bits per heavy atom. The van der Waals surface area contributed by atoms with Gasteiger partial charge in [0.15, 0.2) is 11.7 Å². The lowest BCUT2D eigenvalue weighted by molar-refractivity contribution is -0.194.